The molecule has 4 aliphatic rings. The molecule has 4 aliphatic heterocycles. The van der Waals surface area contributed by atoms with Gasteiger partial charge in [-0.2, -0.15) is 14.8 Å². The predicted molar refractivity (Wildman–Crippen MR) is 310 cm³/mol. The van der Waals surface area contributed by atoms with E-state index in [2.05, 4.69) is 56.0 Å². The van der Waals surface area contributed by atoms with Crippen LogP contribution in [0.25, 0.3) is 57.0 Å². The highest BCUT2D eigenvalue weighted by Crippen LogP contribution is 2.36. The molecule has 0 saturated carbocycles. The van der Waals surface area contributed by atoms with Crippen molar-refractivity contribution < 1.29 is 32.9 Å². The molecule has 16 heteroatoms. The third-order valence-electron chi connectivity index (χ3n) is 12.2. The second kappa shape index (κ2) is 26.2. The summed E-state index contributed by atoms with van der Waals surface area (Å²) >= 11 is 1.35. The average molecular weight is 1070 g/mol. The van der Waals surface area contributed by atoms with Gasteiger partial charge in [0.15, 0.2) is 5.56 Å². The lowest BCUT2D eigenvalue weighted by Crippen LogP contribution is -2.38. The van der Waals surface area contributed by atoms with Crippen LogP contribution >= 0.6 is 11.8 Å². The number of H-pyrrole nitrogens is 2. The van der Waals surface area contributed by atoms with Crippen molar-refractivity contribution in [3.05, 3.63) is 244 Å². The second-order valence-electron chi connectivity index (χ2n) is 18.3. The summed E-state index contributed by atoms with van der Waals surface area (Å²) in [6, 6.07) is 62.6. The van der Waals surface area contributed by atoms with Crippen molar-refractivity contribution >= 4 is 57.5 Å². The van der Waals surface area contributed by atoms with Crippen LogP contribution in [0.4, 0.5) is 21.9 Å². The van der Waals surface area contributed by atoms with Crippen LogP contribution in [0.3, 0.4) is 0 Å². The Morgan fingerprint density at radius 1 is 0.671 bits per heavy atom. The lowest BCUT2D eigenvalue weighted by molar-refractivity contribution is -0.403. The Morgan fingerprint density at radius 3 is 1.95 bits per heavy atom. The number of aromatic nitrogens is 4. The molecule has 12 rings (SSSR count). The third-order valence-corrected chi connectivity index (χ3v) is 13.0. The lowest BCUT2D eigenvalue weighted by Gasteiger charge is -2.10. The summed E-state index contributed by atoms with van der Waals surface area (Å²) in [6.45, 7) is 5.07. The Bertz CT molecular complexity index is 3800. The normalized spacial score (nSPS) is 12.3. The molecule has 0 atom stereocenters. The van der Waals surface area contributed by atoms with Crippen LogP contribution in [0, 0.1) is 5.92 Å². The molecule has 0 spiro atoms. The molecule has 5 heterocycles. The monoisotopic (exact) mass is 1070 g/mol. The molecular weight excluding hydrogens is 1010 g/mol. The number of amides is 3. The van der Waals surface area contributed by atoms with Gasteiger partial charge in [0.05, 0.1) is 6.61 Å². The number of para-hydroxylation sites is 3. The van der Waals surface area contributed by atoms with E-state index in [4.69, 9.17) is 13.6 Å². The topological polar surface area (TPSA) is 213 Å². The summed E-state index contributed by atoms with van der Waals surface area (Å²) in [6.07, 6.45) is 3.96. The molecule has 5 N–H and O–H groups in total. The number of ether oxygens (including phenoxy) is 1. The number of hydrogen-bond donors (Lipinski definition) is 4. The van der Waals surface area contributed by atoms with Gasteiger partial charge in [0.2, 0.25) is 5.89 Å². The van der Waals surface area contributed by atoms with E-state index in [-0.39, 0.29) is 22.9 Å². The van der Waals surface area contributed by atoms with Gasteiger partial charge in [-0.05, 0) is 95.8 Å². The minimum Gasteiger partial charge on any atom is -0.493 e. The Labute approximate surface area is 459 Å². The first kappa shape index (κ1) is 53.9. The first-order valence-corrected chi connectivity index (χ1v) is 26.4. The number of carbonyl (C=O) groups excluding carboxylic acids is 3. The van der Waals surface area contributed by atoms with Crippen LogP contribution in [0.1, 0.15) is 47.6 Å². The maximum absolute atomic E-state index is 12.3. The van der Waals surface area contributed by atoms with E-state index < -0.39 is 17.2 Å². The van der Waals surface area contributed by atoms with Crippen LogP contribution in [-0.4, -0.2) is 44.6 Å². The van der Waals surface area contributed by atoms with Gasteiger partial charge in [0.25, 0.3) is 11.1 Å². The number of rotatable bonds is 10. The van der Waals surface area contributed by atoms with E-state index in [9.17, 15) is 24.0 Å². The summed E-state index contributed by atoms with van der Waals surface area (Å²) in [5, 5.41) is 16.1. The van der Waals surface area contributed by atoms with Crippen molar-refractivity contribution in [3.63, 3.8) is 0 Å². The highest BCUT2D eigenvalue weighted by Gasteiger charge is 2.26. The Hall–Kier alpha value is -9.93. The summed E-state index contributed by atoms with van der Waals surface area (Å²) in [5.41, 5.74) is 8.82. The number of benzene rings is 7. The Balaban J connectivity index is 0.000000129. The number of anilines is 3. The molecule has 15 nitrogen and oxygen atoms in total. The van der Waals surface area contributed by atoms with Gasteiger partial charge >= 0.3 is 28.9 Å². The summed E-state index contributed by atoms with van der Waals surface area (Å²) in [4.78, 5) is 64.2. The second-order valence-corrected chi connectivity index (χ2v) is 19.4. The van der Waals surface area contributed by atoms with Crippen molar-refractivity contribution in [1.29, 1.82) is 0 Å². The SMILES string of the molecule is CC(C)CCSC(=O)Nc1ccccc1.O=C(Nc1ccccc1)c1nnc(-c2ccccc2)o1.O=C1Nc2ccccc2C1=Cc1ccc2c(c1)CCO2.O=c1[nH]c(=O)c2c(-c3ccccc3)cc(-c3ccccc3)oc-2[nH+]1. The van der Waals surface area contributed by atoms with Crippen LogP contribution in [0.2, 0.25) is 0 Å². The standard InChI is InChI=1S/C19H12N2O3.C17H13NO2.C15H11N3O2.C12H17NOS/c22-17-16-14(12-7-3-1-4-8-12)11-15(13-9-5-2-6-10-13)24-18(16)21-19(23)20-17;19-17-14(13-3-1-2-4-15(13)18-17)10-11-5-6-16-12(9-11)7-8-20-16;19-13(16-12-9-5-2-6-10-12)15-18-17-14(20-15)11-7-3-1-4-8-11;1-10(2)8-9-15-12(14)13-11-6-4-3-5-7-11/h1-11H,(H,20,22,23);1-6,9-10H,7-8H2,(H,18,19);1-10H,(H,16,19);3-7,10H,8-9H2,1-2H3,(H,13,14)/p+1. The number of nitrogens with zero attached hydrogens (tertiary/aromatic N) is 2. The maximum Gasteiger partial charge on any atom is 0.499 e. The number of aromatic amines is 2. The van der Waals surface area contributed by atoms with Gasteiger partial charge in [-0.15, -0.1) is 10.2 Å². The van der Waals surface area contributed by atoms with Crippen molar-refractivity contribution in [1.82, 2.24) is 15.2 Å². The van der Waals surface area contributed by atoms with E-state index >= 15 is 0 Å². The van der Waals surface area contributed by atoms with E-state index in [1.54, 1.807) is 12.1 Å². The Kier molecular flexibility index (Phi) is 17.9. The third kappa shape index (κ3) is 14.5. The quantitative estimate of drug-likeness (QED) is 0.0946. The molecule has 1 aromatic heterocycles. The predicted octanol–water partition coefficient (Wildman–Crippen LogP) is 12.7. The summed E-state index contributed by atoms with van der Waals surface area (Å²) < 4.78 is 16.7. The van der Waals surface area contributed by atoms with Crippen molar-refractivity contribution in [2.75, 3.05) is 28.3 Å². The molecule has 0 bridgehead atoms. The number of thioether (sulfide) groups is 1. The molecule has 0 radical (unpaired) electrons. The van der Waals surface area contributed by atoms with Gasteiger partial charge in [0.1, 0.15) is 11.5 Å². The first-order valence-electron chi connectivity index (χ1n) is 25.4. The average Bonchev–Trinajstić information content (AvgIpc) is 4.28. The molecule has 0 aliphatic carbocycles. The minimum atomic E-state index is -0.597. The lowest BCUT2D eigenvalue weighted by atomic mass is 9.99. The zero-order chi connectivity index (χ0) is 54.9. The first-order chi connectivity index (χ1) is 38.5. The molecule has 0 unspecified atom stereocenters. The van der Waals surface area contributed by atoms with Gasteiger partial charge in [-0.1, -0.05) is 165 Å². The number of nitrogens with one attached hydrogen (secondary N) is 5. The highest BCUT2D eigenvalue weighted by molar-refractivity contribution is 8.13. The molecule has 79 heavy (non-hydrogen) atoms. The molecular formula is C63H54N7O8S+. The molecule has 3 amide bonds. The zero-order valence-electron chi connectivity index (χ0n) is 43.1. The smallest absolute Gasteiger partial charge is 0.493 e. The van der Waals surface area contributed by atoms with Crippen LogP contribution in [-0.2, 0) is 11.2 Å². The molecule has 0 saturated heterocycles. The number of fused-ring (bicyclic) bond motifs is 3. The van der Waals surface area contributed by atoms with E-state index in [1.807, 2.05) is 188 Å². The van der Waals surface area contributed by atoms with Crippen LogP contribution in [0.15, 0.2) is 219 Å². The fourth-order valence-electron chi connectivity index (χ4n) is 8.25. The highest BCUT2D eigenvalue weighted by atomic mass is 32.2. The molecule has 8 aromatic rings. The van der Waals surface area contributed by atoms with E-state index in [1.165, 1.54) is 17.3 Å². The zero-order valence-corrected chi connectivity index (χ0v) is 43.9. The largest absolute Gasteiger partial charge is 0.499 e. The van der Waals surface area contributed by atoms with Crippen LogP contribution < -0.4 is 36.9 Å². The number of carbonyl (C=O) groups is 3. The van der Waals surface area contributed by atoms with Gasteiger partial charge < -0.3 is 29.5 Å². The van der Waals surface area contributed by atoms with Gasteiger partial charge in [-0.3, -0.25) is 14.4 Å². The molecule has 0 fully saturated rings. The minimum absolute atomic E-state index is 0.0295. The van der Waals surface area contributed by atoms with E-state index in [0.717, 1.165) is 75.7 Å². The van der Waals surface area contributed by atoms with Crippen molar-refractivity contribution in [2.24, 2.45) is 5.92 Å². The summed E-state index contributed by atoms with van der Waals surface area (Å²) in [5.74, 6) is 3.03. The van der Waals surface area contributed by atoms with Gasteiger partial charge in [-0.25, -0.2) is 4.79 Å². The fraction of sp³-hybridized carbons (Fsp3) is 0.111. The van der Waals surface area contributed by atoms with Crippen molar-refractivity contribution in [3.8, 4) is 51.1 Å². The molecule has 7 aromatic carbocycles. The number of hydrogen-bond acceptors (Lipinski definition) is 11. The van der Waals surface area contributed by atoms with E-state index in [0.29, 0.717) is 34.4 Å². The van der Waals surface area contributed by atoms with Crippen molar-refractivity contribution in [2.45, 2.75) is 26.7 Å². The molecule has 394 valence electrons. The summed E-state index contributed by atoms with van der Waals surface area (Å²) in [7, 11) is 0. The fourth-order valence-corrected chi connectivity index (χ4v) is 9.21. The van der Waals surface area contributed by atoms with Gasteiger partial charge in [0, 0.05) is 57.1 Å². The Morgan fingerprint density at radius 2 is 1.28 bits per heavy atom. The maximum atomic E-state index is 12.3. The van der Waals surface area contributed by atoms with Crippen LogP contribution in [0.5, 0.6) is 5.75 Å².